The average Bonchev–Trinajstić information content (AvgIpc) is 3.48. The molecule has 0 unspecified atom stereocenters. The van der Waals surface area contributed by atoms with E-state index in [4.69, 9.17) is 15.2 Å². The van der Waals surface area contributed by atoms with Gasteiger partial charge in [0.25, 0.3) is 0 Å². The number of alkyl halides is 3. The van der Waals surface area contributed by atoms with E-state index >= 15 is 4.39 Å². The maximum absolute atomic E-state index is 16.6. The number of hydrogen-bond acceptors (Lipinski definition) is 9. The van der Waals surface area contributed by atoms with E-state index in [0.717, 1.165) is 32.3 Å². The summed E-state index contributed by atoms with van der Waals surface area (Å²) in [7, 11) is 0. The Labute approximate surface area is 237 Å². The van der Waals surface area contributed by atoms with E-state index in [1.807, 2.05) is 11.8 Å². The summed E-state index contributed by atoms with van der Waals surface area (Å²) in [5.74, 6) is -2.27. The highest BCUT2D eigenvalue weighted by Crippen LogP contribution is 2.47. The van der Waals surface area contributed by atoms with Crippen LogP contribution in [0.1, 0.15) is 50.2 Å². The molecule has 1 saturated carbocycles. The van der Waals surface area contributed by atoms with E-state index < -0.39 is 64.2 Å². The Bertz CT molecular complexity index is 1600. The predicted molar refractivity (Wildman–Crippen MR) is 142 cm³/mol. The molecule has 4 N–H and O–H groups in total. The van der Waals surface area contributed by atoms with Crippen molar-refractivity contribution < 1.29 is 36.5 Å². The Hall–Kier alpha value is -3.52. The van der Waals surface area contributed by atoms with Crippen molar-refractivity contribution in [2.45, 2.75) is 88.6 Å². The van der Waals surface area contributed by atoms with Gasteiger partial charge in [0.2, 0.25) is 5.88 Å². The number of halogens is 5. The lowest BCUT2D eigenvalue weighted by atomic mass is 9.96. The number of benzene rings is 1. The van der Waals surface area contributed by atoms with Crippen molar-refractivity contribution in [3.8, 4) is 23.1 Å². The van der Waals surface area contributed by atoms with E-state index in [0.29, 0.717) is 25.2 Å². The minimum atomic E-state index is -5.05. The maximum atomic E-state index is 16.6. The molecule has 2 saturated heterocycles. The zero-order chi connectivity index (χ0) is 29.7. The standard InChI is InChI=1S/C28H29F5N6O3/c1-10-19(28(31,32)33)13(8-14(34)20(10)29)22-21(30)23-18-25(38-27(37-23)42-17-5-3-4-16(17)40)39-9-12-6-7-15(35-12)24(39)11(2)41-26(18)36-22/h8,11-12,15-17,24,35,40H,3-7,9,34H2,1-2H3/t11-,12+,15-,16+,17+,24+/m0/s1. The molecule has 9 nitrogen and oxygen atoms in total. The lowest BCUT2D eigenvalue weighted by Crippen LogP contribution is -2.62. The molecule has 0 radical (unpaired) electrons. The number of nitrogens with one attached hydrogen (secondary N) is 1. The topological polar surface area (TPSA) is 119 Å². The zero-order valence-corrected chi connectivity index (χ0v) is 22.8. The number of nitrogens with two attached hydrogens (primary N) is 1. The van der Waals surface area contributed by atoms with Crippen molar-refractivity contribution in [1.29, 1.82) is 0 Å². The first-order valence-electron chi connectivity index (χ1n) is 14.0. The van der Waals surface area contributed by atoms with Gasteiger partial charge in [-0.15, -0.1) is 0 Å². The predicted octanol–water partition coefficient (Wildman–Crippen LogP) is 4.26. The molecule has 3 fully saturated rings. The number of nitrogen functional groups attached to an aromatic ring is 1. The van der Waals surface area contributed by atoms with Crippen LogP contribution in [-0.2, 0) is 6.18 Å². The molecule has 1 aliphatic carbocycles. The first kappa shape index (κ1) is 27.3. The summed E-state index contributed by atoms with van der Waals surface area (Å²) in [5, 5.41) is 14.0. The van der Waals surface area contributed by atoms with Crippen LogP contribution < -0.4 is 25.4 Å². The Morgan fingerprint density at radius 3 is 2.62 bits per heavy atom. The van der Waals surface area contributed by atoms with Gasteiger partial charge >= 0.3 is 12.2 Å². The highest BCUT2D eigenvalue weighted by atomic mass is 19.4. The van der Waals surface area contributed by atoms with Gasteiger partial charge in [-0.1, -0.05) is 0 Å². The number of hydrogen-bond donors (Lipinski definition) is 3. The molecule has 14 heteroatoms. The number of aliphatic hydroxyl groups excluding tert-OH is 1. The van der Waals surface area contributed by atoms with Crippen LogP contribution in [0.5, 0.6) is 11.9 Å². The van der Waals surface area contributed by atoms with Gasteiger partial charge in [-0.25, -0.2) is 13.8 Å². The van der Waals surface area contributed by atoms with Gasteiger partial charge < -0.3 is 30.5 Å². The highest BCUT2D eigenvalue weighted by Gasteiger charge is 2.47. The molecule has 6 atom stereocenters. The van der Waals surface area contributed by atoms with Crippen molar-refractivity contribution in [1.82, 2.24) is 20.3 Å². The monoisotopic (exact) mass is 592 g/mol. The van der Waals surface area contributed by atoms with E-state index in [9.17, 15) is 22.7 Å². The lowest BCUT2D eigenvalue weighted by Gasteiger charge is -2.42. The molecule has 7 rings (SSSR count). The van der Waals surface area contributed by atoms with Crippen LogP contribution in [0.15, 0.2) is 6.07 Å². The Morgan fingerprint density at radius 2 is 1.90 bits per heavy atom. The summed E-state index contributed by atoms with van der Waals surface area (Å²) in [6.07, 6.45) is -3.36. The summed E-state index contributed by atoms with van der Waals surface area (Å²) >= 11 is 0. The van der Waals surface area contributed by atoms with Crippen LogP contribution in [0.3, 0.4) is 0 Å². The molecule has 5 heterocycles. The molecule has 2 bridgehead atoms. The van der Waals surface area contributed by atoms with Gasteiger partial charge in [0.15, 0.2) is 5.82 Å². The quantitative estimate of drug-likeness (QED) is 0.303. The fourth-order valence-corrected chi connectivity index (χ4v) is 7.07. The van der Waals surface area contributed by atoms with Crippen molar-refractivity contribution in [2.24, 2.45) is 0 Å². The number of rotatable bonds is 3. The largest absolute Gasteiger partial charge is 0.472 e. The van der Waals surface area contributed by atoms with Gasteiger partial charge in [0, 0.05) is 24.2 Å². The van der Waals surface area contributed by atoms with Crippen LogP contribution in [0.2, 0.25) is 0 Å². The molecule has 42 heavy (non-hydrogen) atoms. The molecular weight excluding hydrogens is 563 g/mol. The van der Waals surface area contributed by atoms with Gasteiger partial charge in [0.05, 0.1) is 23.4 Å². The number of fused-ring (bicyclic) bond motifs is 5. The third-order valence-electron chi connectivity index (χ3n) is 8.97. The van der Waals surface area contributed by atoms with E-state index in [-0.39, 0.29) is 40.9 Å². The van der Waals surface area contributed by atoms with Crippen molar-refractivity contribution in [3.63, 3.8) is 0 Å². The molecule has 224 valence electrons. The minimum absolute atomic E-state index is 0.0276. The molecule has 0 amide bonds. The molecule has 1 aromatic carbocycles. The number of ether oxygens (including phenoxy) is 2. The molecule has 3 aromatic rings. The molecule has 2 aromatic heterocycles. The van der Waals surface area contributed by atoms with Crippen LogP contribution in [-0.4, -0.2) is 63.0 Å². The third-order valence-corrected chi connectivity index (χ3v) is 8.97. The SMILES string of the molecule is Cc1c(F)c(N)cc(-c2nc3c4c(nc(O[C@@H]5CCC[C@H]5O)nc4c2F)N2C[C@H]4CC[C@H](N4)[C@H]2[C@H](C)O3)c1C(F)(F)F. The summed E-state index contributed by atoms with van der Waals surface area (Å²) in [6, 6.07) is 0.454. The second-order valence-corrected chi connectivity index (χ2v) is 11.6. The van der Waals surface area contributed by atoms with Gasteiger partial charge in [-0.3, -0.25) is 0 Å². The highest BCUT2D eigenvalue weighted by molar-refractivity contribution is 5.97. The van der Waals surface area contributed by atoms with Crippen molar-refractivity contribution >= 4 is 22.4 Å². The molecule has 0 spiro atoms. The minimum Gasteiger partial charge on any atom is -0.472 e. The van der Waals surface area contributed by atoms with Gasteiger partial charge in [-0.05, 0) is 57.6 Å². The number of pyridine rings is 1. The first-order chi connectivity index (χ1) is 19.9. The van der Waals surface area contributed by atoms with E-state index in [2.05, 4.69) is 20.3 Å². The molecule has 3 aliphatic heterocycles. The summed E-state index contributed by atoms with van der Waals surface area (Å²) in [4.78, 5) is 15.3. The Balaban J connectivity index is 1.50. The van der Waals surface area contributed by atoms with Crippen LogP contribution in [0.4, 0.5) is 33.5 Å². The number of aromatic nitrogens is 3. The van der Waals surface area contributed by atoms with Crippen LogP contribution >= 0.6 is 0 Å². The summed E-state index contributed by atoms with van der Waals surface area (Å²) in [6.45, 7) is 3.28. The number of anilines is 2. The smallest absolute Gasteiger partial charge is 0.417 e. The first-order valence-corrected chi connectivity index (χ1v) is 14.0. The van der Waals surface area contributed by atoms with Crippen molar-refractivity contribution in [2.75, 3.05) is 17.2 Å². The summed E-state index contributed by atoms with van der Waals surface area (Å²) in [5.41, 5.74) is 1.15. The second-order valence-electron chi connectivity index (χ2n) is 11.6. The Morgan fingerprint density at radius 1 is 1.12 bits per heavy atom. The molecule has 4 aliphatic rings. The van der Waals surface area contributed by atoms with Gasteiger partial charge in [0.1, 0.15) is 40.4 Å². The third kappa shape index (κ3) is 4.13. The number of aliphatic hydroxyl groups is 1. The fraction of sp³-hybridized carbons (Fsp3) is 0.536. The zero-order valence-electron chi connectivity index (χ0n) is 22.8. The van der Waals surface area contributed by atoms with Gasteiger partial charge in [-0.2, -0.15) is 23.1 Å². The maximum Gasteiger partial charge on any atom is 0.417 e. The average molecular weight is 593 g/mol. The van der Waals surface area contributed by atoms with Crippen LogP contribution in [0, 0.1) is 18.6 Å². The second kappa shape index (κ2) is 9.49. The molecular formula is C28H29F5N6O3. The normalized spacial score (nSPS) is 28.5. The van der Waals surface area contributed by atoms with E-state index in [1.165, 1.54) is 0 Å². The number of piperazine rings is 1. The van der Waals surface area contributed by atoms with E-state index in [1.54, 1.807) is 0 Å². The van der Waals surface area contributed by atoms with Crippen molar-refractivity contribution in [3.05, 3.63) is 28.8 Å². The fourth-order valence-electron chi connectivity index (χ4n) is 7.07. The van der Waals surface area contributed by atoms with Crippen LogP contribution in [0.25, 0.3) is 22.2 Å². The lowest BCUT2D eigenvalue weighted by molar-refractivity contribution is -0.137. The number of nitrogens with zero attached hydrogens (tertiary/aromatic N) is 4. The Kier molecular flexibility index (Phi) is 6.18. The summed E-state index contributed by atoms with van der Waals surface area (Å²) < 4.78 is 86.2.